The Morgan fingerprint density at radius 2 is 1.79 bits per heavy atom. The van der Waals surface area contributed by atoms with Gasteiger partial charge in [-0.15, -0.1) is 11.3 Å². The lowest BCUT2D eigenvalue weighted by Gasteiger charge is -2.33. The number of hydrogen-bond donors (Lipinski definition) is 2. The first-order chi connectivity index (χ1) is 16.5. The second-order valence-electron chi connectivity index (χ2n) is 8.38. The molecule has 176 valence electrons. The van der Waals surface area contributed by atoms with Crippen LogP contribution in [0.15, 0.2) is 66.3 Å². The molecule has 2 heterocycles. The van der Waals surface area contributed by atoms with Crippen molar-refractivity contribution in [3.63, 3.8) is 0 Å². The minimum absolute atomic E-state index is 0.101. The van der Waals surface area contributed by atoms with Gasteiger partial charge in [0, 0.05) is 24.1 Å². The van der Waals surface area contributed by atoms with Crippen LogP contribution in [0.4, 0.5) is 5.69 Å². The number of thiophene rings is 1. The summed E-state index contributed by atoms with van der Waals surface area (Å²) in [6.45, 7) is 1.67. The Kier molecular flexibility index (Phi) is 7.69. The van der Waals surface area contributed by atoms with Crippen LogP contribution in [0.3, 0.4) is 0 Å². The molecule has 2 aromatic heterocycles. The van der Waals surface area contributed by atoms with E-state index in [0.29, 0.717) is 16.1 Å². The van der Waals surface area contributed by atoms with Gasteiger partial charge in [0.2, 0.25) is 11.8 Å². The van der Waals surface area contributed by atoms with Gasteiger partial charge in [-0.05, 0) is 60.5 Å². The molecular weight excluding hydrogens is 448 g/mol. The average molecular weight is 477 g/mol. The Hall–Kier alpha value is -3.52. The number of aryl methyl sites for hydroxylation is 1. The topological polar surface area (TPSA) is 91.4 Å². The third-order valence-corrected chi connectivity index (χ3v) is 6.89. The number of pyridine rings is 1. The van der Waals surface area contributed by atoms with Crippen LogP contribution in [0.2, 0.25) is 0 Å². The van der Waals surface area contributed by atoms with Crippen molar-refractivity contribution in [3.8, 4) is 0 Å². The van der Waals surface area contributed by atoms with Crippen molar-refractivity contribution in [2.24, 2.45) is 0 Å². The maximum absolute atomic E-state index is 13.6. The summed E-state index contributed by atoms with van der Waals surface area (Å²) in [6.07, 6.45) is 7.27. The molecule has 0 saturated heterocycles. The summed E-state index contributed by atoms with van der Waals surface area (Å²) in [6, 6.07) is 13.7. The highest BCUT2D eigenvalue weighted by molar-refractivity contribution is 7.12. The highest BCUT2D eigenvalue weighted by Crippen LogP contribution is 2.31. The molecule has 4 rings (SSSR count). The first-order valence-electron chi connectivity index (χ1n) is 11.4. The van der Waals surface area contributed by atoms with E-state index in [1.54, 1.807) is 36.7 Å². The number of nitrogens with one attached hydrogen (secondary N) is 2. The van der Waals surface area contributed by atoms with Crippen molar-refractivity contribution in [2.45, 2.75) is 44.7 Å². The quantitative estimate of drug-likeness (QED) is 0.514. The molecule has 1 aliphatic rings. The van der Waals surface area contributed by atoms with E-state index in [-0.39, 0.29) is 30.3 Å². The van der Waals surface area contributed by atoms with E-state index in [1.807, 2.05) is 36.6 Å². The van der Waals surface area contributed by atoms with Gasteiger partial charge in [0.15, 0.2) is 0 Å². The molecule has 34 heavy (non-hydrogen) atoms. The smallest absolute Gasteiger partial charge is 0.261 e. The minimum Gasteiger partial charge on any atom is -0.351 e. The summed E-state index contributed by atoms with van der Waals surface area (Å²) >= 11 is 1.31. The molecule has 0 radical (unpaired) electrons. The van der Waals surface area contributed by atoms with Crippen LogP contribution in [0.25, 0.3) is 0 Å². The molecule has 1 atom stereocenters. The van der Waals surface area contributed by atoms with Crippen molar-refractivity contribution >= 4 is 34.7 Å². The predicted molar refractivity (Wildman–Crippen MR) is 133 cm³/mol. The van der Waals surface area contributed by atoms with Gasteiger partial charge < -0.3 is 10.6 Å². The van der Waals surface area contributed by atoms with Crippen LogP contribution in [-0.2, 0) is 9.59 Å². The number of carbonyl (C=O) groups is 3. The maximum Gasteiger partial charge on any atom is 0.261 e. The number of nitrogens with zero attached hydrogens (tertiary/aromatic N) is 2. The molecule has 1 aromatic carbocycles. The number of carbonyl (C=O) groups excluding carboxylic acids is 3. The number of amides is 3. The SMILES string of the molecule is Cc1ccccc1N(C(=O)CNC(=O)c1cccs1)[C@H](C(=O)NC1CCCC1)c1ccncc1. The molecule has 2 N–H and O–H groups in total. The monoisotopic (exact) mass is 476 g/mol. The van der Waals surface area contributed by atoms with E-state index in [4.69, 9.17) is 0 Å². The maximum atomic E-state index is 13.6. The lowest BCUT2D eigenvalue weighted by atomic mass is 10.0. The Balaban J connectivity index is 1.67. The first kappa shape index (κ1) is 23.6. The van der Waals surface area contributed by atoms with Crippen LogP contribution < -0.4 is 15.5 Å². The number of aromatic nitrogens is 1. The van der Waals surface area contributed by atoms with E-state index in [2.05, 4.69) is 15.6 Å². The Labute approximate surface area is 203 Å². The summed E-state index contributed by atoms with van der Waals surface area (Å²) in [5, 5.41) is 7.67. The highest BCUT2D eigenvalue weighted by Gasteiger charge is 2.35. The van der Waals surface area contributed by atoms with Gasteiger partial charge in [-0.1, -0.05) is 37.1 Å². The average Bonchev–Trinajstić information content (AvgIpc) is 3.56. The summed E-state index contributed by atoms with van der Waals surface area (Å²) in [5.41, 5.74) is 2.14. The van der Waals surface area contributed by atoms with E-state index >= 15 is 0 Å². The van der Waals surface area contributed by atoms with Gasteiger partial charge in [-0.25, -0.2) is 0 Å². The molecule has 0 unspecified atom stereocenters. The number of anilines is 1. The fraction of sp³-hybridized carbons (Fsp3) is 0.308. The summed E-state index contributed by atoms with van der Waals surface area (Å²) < 4.78 is 0. The lowest BCUT2D eigenvalue weighted by molar-refractivity contribution is -0.126. The zero-order chi connectivity index (χ0) is 23.9. The first-order valence-corrected chi connectivity index (χ1v) is 12.3. The van der Waals surface area contributed by atoms with Gasteiger partial charge in [-0.3, -0.25) is 24.3 Å². The zero-order valence-corrected chi connectivity index (χ0v) is 19.9. The molecule has 1 aliphatic carbocycles. The van der Waals surface area contributed by atoms with Gasteiger partial charge in [0.05, 0.1) is 11.4 Å². The number of hydrogen-bond acceptors (Lipinski definition) is 5. The van der Waals surface area contributed by atoms with Crippen LogP contribution in [0, 0.1) is 6.92 Å². The molecule has 3 aromatic rings. The normalized spacial score (nSPS) is 14.4. The van der Waals surface area contributed by atoms with E-state index in [1.165, 1.54) is 16.2 Å². The van der Waals surface area contributed by atoms with E-state index < -0.39 is 6.04 Å². The van der Waals surface area contributed by atoms with Crippen LogP contribution in [0.5, 0.6) is 0 Å². The summed E-state index contributed by atoms with van der Waals surface area (Å²) in [7, 11) is 0. The van der Waals surface area contributed by atoms with Crippen molar-refractivity contribution in [2.75, 3.05) is 11.4 Å². The molecular formula is C26H28N4O3S. The standard InChI is InChI=1S/C26H28N4O3S/c1-18-7-2-5-10-21(18)30(23(31)17-28-25(32)22-11-6-16-34-22)24(19-12-14-27-15-13-19)26(33)29-20-8-3-4-9-20/h2,5-7,10-16,20,24H,3-4,8-9,17H2,1H3,(H,28,32)(H,29,33)/t24-/m0/s1. The number of rotatable bonds is 8. The van der Waals surface area contributed by atoms with E-state index in [9.17, 15) is 14.4 Å². The van der Waals surface area contributed by atoms with Crippen LogP contribution in [0.1, 0.15) is 52.5 Å². The largest absolute Gasteiger partial charge is 0.351 e. The predicted octanol–water partition coefficient (Wildman–Crippen LogP) is 4.01. The zero-order valence-electron chi connectivity index (χ0n) is 19.1. The van der Waals surface area contributed by atoms with Crippen molar-refractivity contribution in [1.29, 1.82) is 0 Å². The molecule has 3 amide bonds. The fourth-order valence-corrected chi connectivity index (χ4v) is 4.94. The van der Waals surface area contributed by atoms with Gasteiger partial charge >= 0.3 is 0 Å². The Morgan fingerprint density at radius 1 is 1.06 bits per heavy atom. The van der Waals surface area contributed by atoms with Gasteiger partial charge in [0.1, 0.15) is 6.04 Å². The minimum atomic E-state index is -0.893. The molecule has 0 aliphatic heterocycles. The fourth-order valence-electron chi connectivity index (χ4n) is 4.30. The van der Waals surface area contributed by atoms with Gasteiger partial charge in [0.25, 0.3) is 5.91 Å². The Morgan fingerprint density at radius 3 is 2.47 bits per heavy atom. The number of benzene rings is 1. The molecule has 8 heteroatoms. The van der Waals surface area contributed by atoms with Crippen LogP contribution in [-0.4, -0.2) is 35.3 Å². The molecule has 1 fully saturated rings. The van der Waals surface area contributed by atoms with Crippen molar-refractivity contribution in [3.05, 3.63) is 82.3 Å². The summed E-state index contributed by atoms with van der Waals surface area (Å²) in [5.74, 6) is -0.925. The third kappa shape index (κ3) is 5.51. The molecule has 0 bridgehead atoms. The van der Waals surface area contributed by atoms with Crippen LogP contribution >= 0.6 is 11.3 Å². The second-order valence-corrected chi connectivity index (χ2v) is 9.33. The van der Waals surface area contributed by atoms with Crippen molar-refractivity contribution < 1.29 is 14.4 Å². The number of para-hydroxylation sites is 1. The Bertz CT molecular complexity index is 1130. The highest BCUT2D eigenvalue weighted by atomic mass is 32.1. The second kappa shape index (κ2) is 11.1. The summed E-state index contributed by atoms with van der Waals surface area (Å²) in [4.78, 5) is 45.9. The molecule has 1 saturated carbocycles. The lowest BCUT2D eigenvalue weighted by Crippen LogP contribution is -2.49. The third-order valence-electron chi connectivity index (χ3n) is 6.02. The van der Waals surface area contributed by atoms with E-state index in [0.717, 1.165) is 31.2 Å². The molecule has 7 nitrogen and oxygen atoms in total. The van der Waals surface area contributed by atoms with Crippen molar-refractivity contribution in [1.82, 2.24) is 15.6 Å². The van der Waals surface area contributed by atoms with Gasteiger partial charge in [-0.2, -0.15) is 0 Å². The molecule has 0 spiro atoms.